The molecule has 0 saturated heterocycles. The number of nitrogens with two attached hydrogens (primary N) is 1. The zero-order chi connectivity index (χ0) is 91.7. The van der Waals surface area contributed by atoms with Gasteiger partial charge in [0.25, 0.3) is 0 Å². The summed E-state index contributed by atoms with van der Waals surface area (Å²) < 4.78 is 31.9. The van der Waals surface area contributed by atoms with Gasteiger partial charge < -0.3 is 49.2 Å². The molecule has 0 spiro atoms. The zero-order valence-corrected chi connectivity index (χ0v) is 76.5. The van der Waals surface area contributed by atoms with E-state index in [1.807, 2.05) is 194 Å². The summed E-state index contributed by atoms with van der Waals surface area (Å²) >= 11 is 0. The lowest BCUT2D eigenvalue weighted by Crippen LogP contribution is -2.43. The molecule has 0 radical (unpaired) electrons. The monoisotopic (exact) mass is 1680 g/mol. The summed E-state index contributed by atoms with van der Waals surface area (Å²) in [6.07, 6.45) is 22.9. The Labute approximate surface area is 739 Å². The van der Waals surface area contributed by atoms with Gasteiger partial charge in [-0.3, -0.25) is 9.59 Å². The SMILES string of the molecule is C.C.C.C#C.C#CC.C#CC#CC.CC#CC.CCC(=C(C)C#N)c1cccc(O)c1.CCC(=C(C)C#N)c1cccc(OC)c1.CCC(C(C)=O)c1cccc(OC)c1.CCC(c1cccc(O)c1)C(C)CN.CCC(c1cccc(OC)c1)C(C)(C#N)O[Si](C)(C)C.CCC(c1cccc(OC)c1)C(C)(O)C#N.COc1cccc(CC(C)=O)c1. The van der Waals surface area contributed by atoms with Crippen LogP contribution in [0.3, 0.4) is 0 Å². The number of aliphatic hydroxyl groups is 1. The molecule has 122 heavy (non-hydrogen) atoms. The van der Waals surface area contributed by atoms with Crippen LogP contribution in [0.1, 0.15) is 241 Å². The minimum atomic E-state index is -1.80. The van der Waals surface area contributed by atoms with Crippen molar-refractivity contribution in [3.05, 3.63) is 220 Å². The molecule has 16 nitrogen and oxygen atoms in total. The molecular weight excluding hydrogens is 1540 g/mol. The summed E-state index contributed by atoms with van der Waals surface area (Å²) in [7, 11) is 6.35. The molecule has 7 aromatic rings. The van der Waals surface area contributed by atoms with Crippen LogP contribution >= 0.6 is 0 Å². The molecule has 7 aromatic carbocycles. The average Bonchev–Trinajstić information content (AvgIpc) is 0.779. The number of rotatable bonds is 26. The highest BCUT2D eigenvalue weighted by atomic mass is 28.4. The molecule has 0 aliphatic heterocycles. The van der Waals surface area contributed by atoms with Gasteiger partial charge in [0.2, 0.25) is 0 Å². The lowest BCUT2D eigenvalue weighted by atomic mass is 9.82. The van der Waals surface area contributed by atoms with Crippen molar-refractivity contribution >= 4 is 31.0 Å². The van der Waals surface area contributed by atoms with E-state index in [0.717, 1.165) is 111 Å². The highest BCUT2D eigenvalue weighted by molar-refractivity contribution is 6.69. The van der Waals surface area contributed by atoms with Crippen LogP contribution in [0.4, 0.5) is 0 Å². The van der Waals surface area contributed by atoms with Crippen LogP contribution in [0, 0.1) is 112 Å². The van der Waals surface area contributed by atoms with Gasteiger partial charge in [-0.15, -0.1) is 43.5 Å². The number of ketones is 2. The molecule has 5 N–H and O–H groups in total. The smallest absolute Gasteiger partial charge is 0.185 e. The molecule has 0 amide bonds. The summed E-state index contributed by atoms with van der Waals surface area (Å²) in [5.74, 6) is 20.4. The average molecular weight is 1680 g/mol. The quantitative estimate of drug-likeness (QED) is 0.0170. The molecule has 7 rings (SSSR count). The van der Waals surface area contributed by atoms with Gasteiger partial charge >= 0.3 is 0 Å². The van der Waals surface area contributed by atoms with E-state index in [9.17, 15) is 30.2 Å². The number of benzene rings is 7. The van der Waals surface area contributed by atoms with E-state index in [4.69, 9.17) is 56.1 Å². The first-order chi connectivity index (χ1) is 56.5. The Bertz CT molecular complexity index is 4590. The minimum Gasteiger partial charge on any atom is -0.508 e. The van der Waals surface area contributed by atoms with Crippen molar-refractivity contribution in [1.29, 1.82) is 21.0 Å². The number of carbonyl (C=O) groups excluding carboxylic acids is 2. The maximum Gasteiger partial charge on any atom is 0.185 e. The third-order valence-corrected chi connectivity index (χ3v) is 18.9. The number of aromatic hydroxyl groups is 2. The second-order valence-corrected chi connectivity index (χ2v) is 32.2. The van der Waals surface area contributed by atoms with E-state index in [2.05, 4.69) is 126 Å². The van der Waals surface area contributed by atoms with E-state index in [1.165, 1.54) is 5.56 Å². The normalized spacial score (nSPS) is 11.9. The van der Waals surface area contributed by atoms with Gasteiger partial charge in [0.15, 0.2) is 13.9 Å². The van der Waals surface area contributed by atoms with Crippen molar-refractivity contribution in [2.45, 2.75) is 239 Å². The zero-order valence-electron chi connectivity index (χ0n) is 75.5. The molecule has 0 aliphatic rings. The second-order valence-electron chi connectivity index (χ2n) is 27.8. The molecule has 7 unspecified atom stereocenters. The van der Waals surface area contributed by atoms with Gasteiger partial charge in [0.05, 0.1) is 59.8 Å². The summed E-state index contributed by atoms with van der Waals surface area (Å²) in [5, 5.41) is 65.0. The Balaban J connectivity index is -0.000000246. The molecule has 0 heterocycles. The largest absolute Gasteiger partial charge is 0.508 e. The van der Waals surface area contributed by atoms with E-state index >= 15 is 0 Å². The number of Topliss-reactive ketones (excluding diaryl/α,β-unsaturated/α-hetero) is 2. The van der Waals surface area contributed by atoms with E-state index < -0.39 is 19.5 Å². The number of ether oxygens (including phenoxy) is 5. The Morgan fingerprint density at radius 1 is 0.500 bits per heavy atom. The van der Waals surface area contributed by atoms with Gasteiger partial charge in [-0.05, 0) is 293 Å². The molecule has 0 saturated carbocycles. The third kappa shape index (κ3) is 50.0. The summed E-state index contributed by atoms with van der Waals surface area (Å²) in [6.45, 7) is 38.7. The van der Waals surface area contributed by atoms with Gasteiger partial charge in [0.1, 0.15) is 57.4 Å². The first-order valence-corrected chi connectivity index (χ1v) is 42.8. The Morgan fingerprint density at radius 2 is 0.869 bits per heavy atom. The summed E-state index contributed by atoms with van der Waals surface area (Å²) in [5.41, 5.74) is 14.3. The van der Waals surface area contributed by atoms with Gasteiger partial charge in [-0.1, -0.05) is 162 Å². The first-order valence-electron chi connectivity index (χ1n) is 39.4. The van der Waals surface area contributed by atoms with Crippen LogP contribution in [0.5, 0.6) is 40.2 Å². The predicted molar refractivity (Wildman–Crippen MR) is 514 cm³/mol. The third-order valence-electron chi connectivity index (χ3n) is 17.9. The number of carbonyl (C=O) groups is 2. The first kappa shape index (κ1) is 123. The maximum absolute atomic E-state index is 11.3. The van der Waals surface area contributed by atoms with Gasteiger partial charge in [-0.25, -0.2) is 0 Å². The van der Waals surface area contributed by atoms with Crippen molar-refractivity contribution in [3.8, 4) is 126 Å². The highest BCUT2D eigenvalue weighted by Crippen LogP contribution is 2.38. The predicted octanol–water partition coefficient (Wildman–Crippen LogP) is 24.8. The van der Waals surface area contributed by atoms with Crippen molar-refractivity contribution < 1.29 is 53.0 Å². The van der Waals surface area contributed by atoms with Crippen LogP contribution in [0.15, 0.2) is 181 Å². The lowest BCUT2D eigenvalue weighted by Gasteiger charge is -2.37. The van der Waals surface area contributed by atoms with Crippen LogP contribution in [-0.2, 0) is 20.4 Å². The Morgan fingerprint density at radius 3 is 1.19 bits per heavy atom. The minimum absolute atomic E-state index is 0. The lowest BCUT2D eigenvalue weighted by molar-refractivity contribution is -0.118. The Kier molecular flexibility index (Phi) is 72.3. The number of methoxy groups -OCH3 is 5. The highest BCUT2D eigenvalue weighted by Gasteiger charge is 2.39. The van der Waals surface area contributed by atoms with E-state index in [0.29, 0.717) is 42.5 Å². The standard InChI is InChI=1S/C16H25NO2Si.C13H17NO2.C13H15NO.C12H19NO.C12H13NO.C12H16O2.C10H12O2.C5H4.C4H6.C3H4.C2H2.3CH4/c1-7-15(13-9-8-10-14(11-13)18-3)16(2,12-17)19-20(4,5)6;1-4-12(13(2,15)9-14)10-6-5-7-11(8-10)16-3;1-4-13(10(2)9-14)11-6-5-7-12(8-11)15-3;2*1-3-12(9(2)8-13)10-5-4-6-11(14)7-10;1-4-12(9(2)13)10-6-5-7-11(8-10)14-3;1-8(11)6-9-4-3-5-10(7-9)12-2;1-3-5-4-2;1-3-4-2;1-3-2;1-2;;;/h8-11,15H,7H2,1-6H3;5-8,12,15H,4H2,1-3H3;5-8H,4H2,1-3H3;4-7,9,12,14H,3,8,13H2,1-2H3;4-7,14H,3H2,1-2H3;5-8,12H,4H2,1-3H3;3-5,7H,6H2,1-2H3;1H,2H3;1-2H3;1H,2H3;1-2H;3*1H4. The number of hydrogen-bond acceptors (Lipinski definition) is 16. The number of phenolic OH excluding ortho intramolecular Hbond substituents is 2. The van der Waals surface area contributed by atoms with Crippen LogP contribution in [0.2, 0.25) is 19.6 Å². The summed E-state index contributed by atoms with van der Waals surface area (Å²) in [4.78, 5) is 22.1. The van der Waals surface area contributed by atoms with Crippen molar-refractivity contribution in [2.24, 2.45) is 11.7 Å². The molecule has 7 atom stereocenters. The number of nitriles is 4. The molecule has 17 heteroatoms. The topological polar surface area (TPSA) is 271 Å². The molecule has 0 fully saturated rings. The van der Waals surface area contributed by atoms with Crippen molar-refractivity contribution in [1.82, 2.24) is 0 Å². The molecule has 660 valence electrons. The Hall–Kier alpha value is -12.2. The number of hydrogen-bond donors (Lipinski definition) is 4. The second kappa shape index (κ2) is 71.7. The maximum atomic E-state index is 11.3. The number of phenols is 2. The van der Waals surface area contributed by atoms with Crippen LogP contribution in [-0.4, -0.2) is 88.5 Å². The summed E-state index contributed by atoms with van der Waals surface area (Å²) in [6, 6.07) is 61.6. The van der Waals surface area contributed by atoms with Crippen molar-refractivity contribution in [2.75, 3.05) is 42.1 Å². The number of allylic oxidation sites excluding steroid dienone is 4. The fourth-order valence-corrected chi connectivity index (χ4v) is 13.6. The molecule has 0 bridgehead atoms. The fraction of sp³-hybridized carbons (Fsp3) is 0.410. The molecular formula is C105H145N5O11Si. The van der Waals surface area contributed by atoms with Crippen LogP contribution < -0.4 is 29.4 Å². The molecule has 0 aliphatic carbocycles. The van der Waals surface area contributed by atoms with Gasteiger partial charge in [-0.2, -0.15) is 21.0 Å². The van der Waals surface area contributed by atoms with E-state index in [1.54, 1.807) is 101 Å². The van der Waals surface area contributed by atoms with Gasteiger partial charge in [0, 0.05) is 35.3 Å². The number of nitrogens with zero attached hydrogens (tertiary/aromatic N) is 4. The van der Waals surface area contributed by atoms with Crippen molar-refractivity contribution in [3.63, 3.8) is 0 Å². The fourth-order valence-electron chi connectivity index (χ4n) is 12.2. The number of terminal acetylenes is 3. The molecule has 0 aromatic heterocycles. The van der Waals surface area contributed by atoms with Crippen LogP contribution in [0.25, 0.3) is 11.1 Å². The van der Waals surface area contributed by atoms with E-state index in [-0.39, 0.29) is 57.3 Å².